The molecule has 0 bridgehead atoms. The quantitative estimate of drug-likeness (QED) is 0.175. The van der Waals surface area contributed by atoms with Gasteiger partial charge < -0.3 is 4.42 Å². The van der Waals surface area contributed by atoms with Gasteiger partial charge in [-0.2, -0.15) is 0 Å². The summed E-state index contributed by atoms with van der Waals surface area (Å²) in [5, 5.41) is 0. The van der Waals surface area contributed by atoms with Crippen LogP contribution in [0.3, 0.4) is 0 Å². The molecule has 1 aromatic rings. The molecule has 0 aliphatic carbocycles. The Bertz CT molecular complexity index is 395. The Balaban J connectivity index is 1.88. The van der Waals surface area contributed by atoms with Gasteiger partial charge in [0.2, 0.25) is 0 Å². The molecule has 0 unspecified atom stereocenters. The van der Waals surface area contributed by atoms with E-state index in [1.54, 1.807) is 0 Å². The Morgan fingerprint density at radius 1 is 0.414 bits per heavy atom. The van der Waals surface area contributed by atoms with E-state index in [1.807, 2.05) is 0 Å². The maximum absolute atomic E-state index is 6.05. The predicted octanol–water partition coefficient (Wildman–Crippen LogP) is 10.2. The van der Waals surface area contributed by atoms with Crippen LogP contribution >= 0.6 is 0 Å². The van der Waals surface area contributed by atoms with Gasteiger partial charge in [-0.15, -0.1) is 0 Å². The van der Waals surface area contributed by atoms with Crippen molar-refractivity contribution in [2.75, 3.05) is 0 Å². The zero-order valence-electron chi connectivity index (χ0n) is 20.1. The van der Waals surface area contributed by atoms with E-state index >= 15 is 0 Å². The first kappa shape index (κ1) is 26.3. The molecule has 0 N–H and O–H groups in total. The van der Waals surface area contributed by atoms with Crippen LogP contribution in [-0.2, 0) is 12.8 Å². The number of hydrogen-bond donors (Lipinski definition) is 0. The van der Waals surface area contributed by atoms with Crippen molar-refractivity contribution < 1.29 is 4.42 Å². The second kappa shape index (κ2) is 20.5. The van der Waals surface area contributed by atoms with Crippen molar-refractivity contribution in [1.82, 2.24) is 0 Å². The lowest BCUT2D eigenvalue weighted by Gasteiger charge is -2.02. The Morgan fingerprint density at radius 3 is 1.00 bits per heavy atom. The molecule has 1 heterocycles. The Labute approximate surface area is 183 Å². The highest BCUT2D eigenvalue weighted by Gasteiger charge is 2.03. The van der Waals surface area contributed by atoms with Crippen LogP contribution in [0, 0.1) is 0 Å². The van der Waals surface area contributed by atoms with Gasteiger partial charge >= 0.3 is 0 Å². The van der Waals surface area contributed by atoms with E-state index in [-0.39, 0.29) is 0 Å². The normalized spacial score (nSPS) is 11.4. The second-order valence-electron chi connectivity index (χ2n) is 9.23. The molecule has 0 radical (unpaired) electrons. The van der Waals surface area contributed by atoms with Crippen LogP contribution in [0.2, 0.25) is 0 Å². The Morgan fingerprint density at radius 2 is 0.690 bits per heavy atom. The fraction of sp³-hybridized carbons (Fsp3) is 0.857. The number of rotatable bonds is 22. The van der Waals surface area contributed by atoms with Crippen LogP contribution in [0.1, 0.15) is 154 Å². The lowest BCUT2D eigenvalue weighted by atomic mass is 10.1. The van der Waals surface area contributed by atoms with Gasteiger partial charge in [-0.1, -0.05) is 129 Å². The van der Waals surface area contributed by atoms with Crippen molar-refractivity contribution in [3.8, 4) is 0 Å². The van der Waals surface area contributed by atoms with Gasteiger partial charge in [0.15, 0.2) is 0 Å². The zero-order chi connectivity index (χ0) is 20.8. The summed E-state index contributed by atoms with van der Waals surface area (Å²) in [7, 11) is 0. The summed E-state index contributed by atoms with van der Waals surface area (Å²) < 4.78 is 6.05. The third kappa shape index (κ3) is 16.7. The molecule has 29 heavy (non-hydrogen) atoms. The lowest BCUT2D eigenvalue weighted by molar-refractivity contribution is 0.444. The van der Waals surface area contributed by atoms with Crippen molar-refractivity contribution in [3.05, 3.63) is 23.7 Å². The summed E-state index contributed by atoms with van der Waals surface area (Å²) >= 11 is 0. The van der Waals surface area contributed by atoms with E-state index in [2.05, 4.69) is 26.0 Å². The van der Waals surface area contributed by atoms with E-state index in [0.29, 0.717) is 0 Å². The van der Waals surface area contributed by atoms with E-state index in [0.717, 1.165) is 12.8 Å². The average Bonchev–Trinajstić information content (AvgIpc) is 3.18. The molecule has 0 aliphatic rings. The van der Waals surface area contributed by atoms with Gasteiger partial charge in [-0.05, 0) is 25.0 Å². The number of aryl methyl sites for hydroxylation is 2. The summed E-state index contributed by atoms with van der Waals surface area (Å²) in [6, 6.07) is 4.44. The molecule has 0 saturated heterocycles. The van der Waals surface area contributed by atoms with Crippen molar-refractivity contribution in [3.63, 3.8) is 0 Å². The monoisotopic (exact) mass is 404 g/mol. The minimum Gasteiger partial charge on any atom is -0.466 e. The second-order valence-corrected chi connectivity index (χ2v) is 9.23. The molecule has 1 heteroatoms. The fourth-order valence-corrected chi connectivity index (χ4v) is 4.26. The third-order valence-corrected chi connectivity index (χ3v) is 6.27. The Kier molecular flexibility index (Phi) is 18.6. The van der Waals surface area contributed by atoms with Crippen molar-refractivity contribution >= 4 is 0 Å². The summed E-state index contributed by atoms with van der Waals surface area (Å²) in [4.78, 5) is 0. The first-order valence-electron chi connectivity index (χ1n) is 13.4. The van der Waals surface area contributed by atoms with Gasteiger partial charge in [0.1, 0.15) is 11.5 Å². The minimum absolute atomic E-state index is 1.13. The van der Waals surface area contributed by atoms with Crippen molar-refractivity contribution in [2.45, 2.75) is 155 Å². The van der Waals surface area contributed by atoms with Crippen LogP contribution in [0.15, 0.2) is 16.5 Å². The summed E-state index contributed by atoms with van der Waals surface area (Å²) in [5.74, 6) is 2.43. The maximum atomic E-state index is 6.05. The average molecular weight is 405 g/mol. The molecule has 0 amide bonds. The molecule has 0 aliphatic heterocycles. The molecule has 0 aromatic carbocycles. The number of unbranched alkanes of at least 4 members (excludes halogenated alkanes) is 18. The van der Waals surface area contributed by atoms with Gasteiger partial charge in [-0.25, -0.2) is 0 Å². The highest BCUT2D eigenvalue weighted by molar-refractivity contribution is 5.07. The van der Waals surface area contributed by atoms with Gasteiger partial charge in [-0.3, -0.25) is 0 Å². The summed E-state index contributed by atoms with van der Waals surface area (Å²) in [5.41, 5.74) is 0. The standard InChI is InChI=1S/C28H52O/c1-3-5-7-9-11-13-15-17-19-21-23-27-25-26-28(29-27)24-22-20-18-16-14-12-10-8-6-4-2/h25-26H,3-24H2,1-2H3. The molecule has 0 fully saturated rings. The van der Waals surface area contributed by atoms with E-state index < -0.39 is 0 Å². The van der Waals surface area contributed by atoms with Crippen molar-refractivity contribution in [1.29, 1.82) is 0 Å². The van der Waals surface area contributed by atoms with Crippen LogP contribution in [-0.4, -0.2) is 0 Å². The lowest BCUT2D eigenvalue weighted by Crippen LogP contribution is -1.86. The molecular formula is C28H52O. The van der Waals surface area contributed by atoms with E-state index in [9.17, 15) is 0 Å². The predicted molar refractivity (Wildman–Crippen MR) is 130 cm³/mol. The number of hydrogen-bond acceptors (Lipinski definition) is 1. The summed E-state index contributed by atoms with van der Waals surface area (Å²) in [6.07, 6.45) is 30.3. The summed E-state index contributed by atoms with van der Waals surface area (Å²) in [6.45, 7) is 4.58. The van der Waals surface area contributed by atoms with Crippen molar-refractivity contribution in [2.24, 2.45) is 0 Å². The molecular weight excluding hydrogens is 352 g/mol. The molecule has 1 rings (SSSR count). The first-order valence-corrected chi connectivity index (χ1v) is 13.4. The van der Waals surface area contributed by atoms with Crippen LogP contribution < -0.4 is 0 Å². The molecule has 170 valence electrons. The van der Waals surface area contributed by atoms with Crippen LogP contribution in [0.4, 0.5) is 0 Å². The van der Waals surface area contributed by atoms with Crippen LogP contribution in [0.25, 0.3) is 0 Å². The highest BCUT2D eigenvalue weighted by atomic mass is 16.3. The van der Waals surface area contributed by atoms with Crippen LogP contribution in [0.5, 0.6) is 0 Å². The van der Waals surface area contributed by atoms with Gasteiger partial charge in [0.05, 0.1) is 0 Å². The first-order chi connectivity index (χ1) is 14.4. The maximum Gasteiger partial charge on any atom is 0.104 e. The largest absolute Gasteiger partial charge is 0.466 e. The smallest absolute Gasteiger partial charge is 0.104 e. The fourth-order valence-electron chi connectivity index (χ4n) is 4.26. The minimum atomic E-state index is 1.13. The SMILES string of the molecule is CCCCCCCCCCCCc1ccc(CCCCCCCCCCCC)o1. The number of furan rings is 1. The zero-order valence-corrected chi connectivity index (χ0v) is 20.1. The van der Waals surface area contributed by atoms with E-state index in [1.165, 1.54) is 140 Å². The van der Waals surface area contributed by atoms with Gasteiger partial charge in [0, 0.05) is 12.8 Å². The highest BCUT2D eigenvalue weighted by Crippen LogP contribution is 2.17. The van der Waals surface area contributed by atoms with E-state index in [4.69, 9.17) is 4.42 Å². The molecule has 0 spiro atoms. The topological polar surface area (TPSA) is 13.1 Å². The molecule has 0 saturated carbocycles. The Hall–Kier alpha value is -0.720. The molecule has 1 aromatic heterocycles. The third-order valence-electron chi connectivity index (χ3n) is 6.27. The molecule has 0 atom stereocenters. The molecule has 1 nitrogen and oxygen atoms in total. The van der Waals surface area contributed by atoms with Gasteiger partial charge in [0.25, 0.3) is 0 Å².